The number of rotatable bonds is 5. The first-order valence-electron chi connectivity index (χ1n) is 7.41. The van der Waals surface area contributed by atoms with Gasteiger partial charge >= 0.3 is 5.97 Å². The van der Waals surface area contributed by atoms with E-state index in [9.17, 15) is 19.1 Å². The fourth-order valence-corrected chi connectivity index (χ4v) is 3.85. The molecule has 25 heavy (non-hydrogen) atoms. The summed E-state index contributed by atoms with van der Waals surface area (Å²) < 4.78 is 14.0. The van der Waals surface area contributed by atoms with Crippen molar-refractivity contribution in [3.05, 3.63) is 69.8 Å². The van der Waals surface area contributed by atoms with Gasteiger partial charge in [0, 0.05) is 16.5 Å². The van der Waals surface area contributed by atoms with Crippen molar-refractivity contribution in [3.63, 3.8) is 0 Å². The van der Waals surface area contributed by atoms with E-state index in [2.05, 4.69) is 5.32 Å². The lowest BCUT2D eigenvalue weighted by Gasteiger charge is -2.14. The number of hydrogen-bond acceptors (Lipinski definition) is 3. The van der Waals surface area contributed by atoms with E-state index in [4.69, 9.17) is 11.6 Å². The Morgan fingerprint density at radius 2 is 1.92 bits per heavy atom. The highest BCUT2D eigenvalue weighted by atomic mass is 35.5. The molecule has 1 aromatic heterocycles. The van der Waals surface area contributed by atoms with Crippen molar-refractivity contribution in [2.45, 2.75) is 12.5 Å². The standard InChI is InChI=1S/C18H13ClFNO3S/c19-15-12-9-11(20)6-7-14(12)25-16(15)17(22)21-13(18(23)24)8-10-4-2-1-3-5-10/h1-7,9,13H,8H2,(H,21,22)(H,23,24)/t13-/m0/s1. The Hall–Kier alpha value is -2.44. The lowest BCUT2D eigenvalue weighted by molar-refractivity contribution is -0.139. The zero-order valence-electron chi connectivity index (χ0n) is 12.8. The predicted octanol–water partition coefficient (Wildman–Crippen LogP) is 4.12. The molecule has 1 amide bonds. The van der Waals surface area contributed by atoms with E-state index in [0.717, 1.165) is 16.9 Å². The van der Waals surface area contributed by atoms with Crippen LogP contribution in [0.15, 0.2) is 48.5 Å². The summed E-state index contributed by atoms with van der Waals surface area (Å²) in [4.78, 5) is 24.1. The number of carbonyl (C=O) groups is 2. The van der Waals surface area contributed by atoms with E-state index < -0.39 is 23.7 Å². The third kappa shape index (κ3) is 3.81. The van der Waals surface area contributed by atoms with Crippen molar-refractivity contribution in [2.75, 3.05) is 0 Å². The topological polar surface area (TPSA) is 66.4 Å². The van der Waals surface area contributed by atoms with Gasteiger partial charge in [0.1, 0.15) is 16.7 Å². The third-order valence-corrected chi connectivity index (χ3v) is 5.36. The smallest absolute Gasteiger partial charge is 0.326 e. The molecular weight excluding hydrogens is 365 g/mol. The second kappa shape index (κ2) is 7.21. The van der Waals surface area contributed by atoms with Gasteiger partial charge in [0.2, 0.25) is 0 Å². The fourth-order valence-electron chi connectivity index (χ4n) is 2.46. The summed E-state index contributed by atoms with van der Waals surface area (Å²) in [5, 5.41) is 12.4. The average molecular weight is 378 g/mol. The lowest BCUT2D eigenvalue weighted by atomic mass is 10.1. The molecule has 4 nitrogen and oxygen atoms in total. The van der Waals surface area contributed by atoms with Crippen molar-refractivity contribution in [2.24, 2.45) is 0 Å². The average Bonchev–Trinajstić information content (AvgIpc) is 2.91. The summed E-state index contributed by atoms with van der Waals surface area (Å²) in [6, 6.07) is 12.0. The first-order chi connectivity index (χ1) is 12.0. The van der Waals surface area contributed by atoms with Crippen molar-refractivity contribution in [1.82, 2.24) is 5.32 Å². The molecule has 0 aliphatic rings. The third-order valence-electron chi connectivity index (χ3n) is 3.68. The molecule has 3 rings (SSSR count). The Kier molecular flexibility index (Phi) is 5.01. The van der Waals surface area contributed by atoms with Gasteiger partial charge < -0.3 is 10.4 Å². The number of aliphatic carboxylic acids is 1. The first kappa shape index (κ1) is 17.4. The second-order valence-electron chi connectivity index (χ2n) is 5.44. The minimum absolute atomic E-state index is 0.126. The molecule has 0 radical (unpaired) electrons. The van der Waals surface area contributed by atoms with Crippen LogP contribution in [0.1, 0.15) is 15.2 Å². The van der Waals surface area contributed by atoms with Crippen LogP contribution in [-0.4, -0.2) is 23.0 Å². The van der Waals surface area contributed by atoms with Crippen LogP contribution in [0.5, 0.6) is 0 Å². The molecule has 0 aliphatic heterocycles. The van der Waals surface area contributed by atoms with E-state index in [1.807, 2.05) is 6.07 Å². The number of amides is 1. The highest BCUT2D eigenvalue weighted by Gasteiger charge is 2.24. The zero-order valence-corrected chi connectivity index (χ0v) is 14.4. The van der Waals surface area contributed by atoms with E-state index in [-0.39, 0.29) is 16.3 Å². The molecule has 0 bridgehead atoms. The zero-order chi connectivity index (χ0) is 18.0. The van der Waals surface area contributed by atoms with Gasteiger partial charge in [0.05, 0.1) is 5.02 Å². The van der Waals surface area contributed by atoms with Gasteiger partial charge in [0.15, 0.2) is 0 Å². The molecule has 128 valence electrons. The highest BCUT2D eigenvalue weighted by molar-refractivity contribution is 7.21. The molecule has 0 spiro atoms. The minimum atomic E-state index is -1.14. The molecular formula is C18H13ClFNO3S. The fraction of sp³-hybridized carbons (Fsp3) is 0.111. The number of carboxylic acid groups (broad SMARTS) is 1. The van der Waals surface area contributed by atoms with Crippen LogP contribution in [0.2, 0.25) is 5.02 Å². The Morgan fingerprint density at radius 3 is 2.60 bits per heavy atom. The van der Waals surface area contributed by atoms with Gasteiger partial charge in [-0.1, -0.05) is 41.9 Å². The number of fused-ring (bicyclic) bond motifs is 1. The number of carbonyl (C=O) groups excluding carboxylic acids is 1. The van der Waals surface area contributed by atoms with Crippen molar-refractivity contribution in [1.29, 1.82) is 0 Å². The number of carboxylic acids is 1. The van der Waals surface area contributed by atoms with Crippen LogP contribution in [0.3, 0.4) is 0 Å². The summed E-state index contributed by atoms with van der Waals surface area (Å²) >= 11 is 7.28. The van der Waals surface area contributed by atoms with Crippen LogP contribution in [0.4, 0.5) is 4.39 Å². The predicted molar refractivity (Wildman–Crippen MR) is 95.8 cm³/mol. The summed E-state index contributed by atoms with van der Waals surface area (Å²) in [5.74, 6) is -2.18. The largest absolute Gasteiger partial charge is 0.480 e. The van der Waals surface area contributed by atoms with Crippen molar-refractivity contribution in [3.8, 4) is 0 Å². The number of hydrogen-bond donors (Lipinski definition) is 2. The van der Waals surface area contributed by atoms with Gasteiger partial charge in [0.25, 0.3) is 5.91 Å². The summed E-state index contributed by atoms with van der Waals surface area (Å²) in [7, 11) is 0. The van der Waals surface area contributed by atoms with Gasteiger partial charge in [-0.25, -0.2) is 9.18 Å². The van der Waals surface area contributed by atoms with Crippen LogP contribution in [-0.2, 0) is 11.2 Å². The van der Waals surface area contributed by atoms with Crippen molar-refractivity contribution < 1.29 is 19.1 Å². The maximum Gasteiger partial charge on any atom is 0.326 e. The molecule has 2 aromatic carbocycles. The molecule has 7 heteroatoms. The first-order valence-corrected chi connectivity index (χ1v) is 8.60. The molecule has 0 aliphatic carbocycles. The van der Waals surface area contributed by atoms with Crippen LogP contribution in [0.25, 0.3) is 10.1 Å². The van der Waals surface area contributed by atoms with Gasteiger partial charge in [-0.15, -0.1) is 11.3 Å². The van der Waals surface area contributed by atoms with Gasteiger partial charge in [-0.2, -0.15) is 0 Å². The van der Waals surface area contributed by atoms with E-state index >= 15 is 0 Å². The van der Waals surface area contributed by atoms with Gasteiger partial charge in [-0.3, -0.25) is 4.79 Å². The molecule has 0 fully saturated rings. The monoisotopic (exact) mass is 377 g/mol. The van der Waals surface area contributed by atoms with E-state index in [1.54, 1.807) is 24.3 Å². The minimum Gasteiger partial charge on any atom is -0.480 e. The number of nitrogens with one attached hydrogen (secondary N) is 1. The molecule has 3 aromatic rings. The Labute approximate surface area is 151 Å². The van der Waals surface area contributed by atoms with E-state index in [1.165, 1.54) is 18.2 Å². The van der Waals surface area contributed by atoms with Gasteiger partial charge in [-0.05, 0) is 23.8 Å². The molecule has 0 saturated carbocycles. The molecule has 1 heterocycles. The Balaban J connectivity index is 1.84. The van der Waals surface area contributed by atoms with Crippen LogP contribution in [0, 0.1) is 5.82 Å². The molecule has 2 N–H and O–H groups in total. The number of thiophene rings is 1. The SMILES string of the molecule is O=C(N[C@@H](Cc1ccccc1)C(=O)O)c1sc2ccc(F)cc2c1Cl. The summed E-state index contributed by atoms with van der Waals surface area (Å²) in [6.45, 7) is 0. The van der Waals surface area contributed by atoms with Crippen LogP contribution < -0.4 is 5.32 Å². The van der Waals surface area contributed by atoms with E-state index in [0.29, 0.717) is 10.1 Å². The Bertz CT molecular complexity index is 942. The lowest BCUT2D eigenvalue weighted by Crippen LogP contribution is -2.42. The number of halogens is 2. The molecule has 0 unspecified atom stereocenters. The normalized spacial score (nSPS) is 12.1. The molecule has 1 atom stereocenters. The Morgan fingerprint density at radius 1 is 1.20 bits per heavy atom. The quantitative estimate of drug-likeness (QED) is 0.702. The maximum absolute atomic E-state index is 13.4. The number of benzene rings is 2. The van der Waals surface area contributed by atoms with Crippen LogP contribution >= 0.6 is 22.9 Å². The summed E-state index contributed by atoms with van der Waals surface area (Å²) in [6.07, 6.45) is 0.152. The summed E-state index contributed by atoms with van der Waals surface area (Å²) in [5.41, 5.74) is 0.791. The maximum atomic E-state index is 13.4. The molecule has 0 saturated heterocycles. The van der Waals surface area contributed by atoms with Crippen molar-refractivity contribution >= 4 is 44.9 Å². The highest BCUT2D eigenvalue weighted by Crippen LogP contribution is 2.35. The second-order valence-corrected chi connectivity index (χ2v) is 6.87.